The third-order valence-electron chi connectivity index (χ3n) is 4.99. The van der Waals surface area contributed by atoms with Gasteiger partial charge in [0.05, 0.1) is 11.1 Å². The number of amides is 1. The quantitative estimate of drug-likeness (QED) is 0.731. The molecular weight excluding hydrogens is 402 g/mol. The lowest BCUT2D eigenvalue weighted by Crippen LogP contribution is -2.46. The third kappa shape index (κ3) is 4.74. The Labute approximate surface area is 174 Å². The Morgan fingerprint density at radius 2 is 1.93 bits per heavy atom. The largest absolute Gasteiger partial charge is 0.369 e. The molecule has 1 atom stereocenters. The monoisotopic (exact) mass is 424 g/mol. The zero-order chi connectivity index (χ0) is 20.3. The van der Waals surface area contributed by atoms with Crippen LogP contribution in [0.3, 0.4) is 0 Å². The van der Waals surface area contributed by atoms with Crippen LogP contribution in [0.2, 0.25) is 10.2 Å². The maximum Gasteiger partial charge on any atom is 0.271 e. The molecule has 1 aromatic carbocycles. The number of piperazine rings is 1. The molecule has 28 heavy (non-hydrogen) atoms. The second kappa shape index (κ2) is 9.07. The number of pyridine rings is 1. The molecule has 2 aromatic rings. The molecule has 8 heteroatoms. The van der Waals surface area contributed by atoms with Crippen molar-refractivity contribution in [2.24, 2.45) is 0 Å². The summed E-state index contributed by atoms with van der Waals surface area (Å²) < 4.78 is 14.0. The van der Waals surface area contributed by atoms with Crippen molar-refractivity contribution in [3.8, 4) is 0 Å². The number of halogens is 3. The van der Waals surface area contributed by atoms with E-state index in [4.69, 9.17) is 23.2 Å². The van der Waals surface area contributed by atoms with Crippen LogP contribution in [0, 0.1) is 5.82 Å². The lowest BCUT2D eigenvalue weighted by molar-refractivity contribution is 0.0935. The average Bonchev–Trinajstić information content (AvgIpc) is 2.69. The summed E-state index contributed by atoms with van der Waals surface area (Å²) in [7, 11) is 0. The van der Waals surface area contributed by atoms with Gasteiger partial charge in [-0.1, -0.05) is 30.1 Å². The molecule has 0 spiro atoms. The van der Waals surface area contributed by atoms with Crippen LogP contribution >= 0.6 is 23.2 Å². The summed E-state index contributed by atoms with van der Waals surface area (Å²) >= 11 is 11.9. The first-order valence-corrected chi connectivity index (χ1v) is 10.0. The average molecular weight is 425 g/mol. The lowest BCUT2D eigenvalue weighted by Gasteiger charge is -2.37. The smallest absolute Gasteiger partial charge is 0.271 e. The molecule has 1 N–H and O–H groups in total. The summed E-state index contributed by atoms with van der Waals surface area (Å²) in [6, 6.07) is 7.31. The molecule has 0 radical (unpaired) electrons. The summed E-state index contributed by atoms with van der Waals surface area (Å²) in [5.41, 5.74) is 1.70. The van der Waals surface area contributed by atoms with Gasteiger partial charge in [-0.2, -0.15) is 0 Å². The van der Waals surface area contributed by atoms with E-state index in [1.165, 1.54) is 24.3 Å². The highest BCUT2D eigenvalue weighted by atomic mass is 35.5. The van der Waals surface area contributed by atoms with E-state index in [1.807, 2.05) is 6.92 Å². The second-order valence-corrected chi connectivity index (χ2v) is 7.58. The van der Waals surface area contributed by atoms with Crippen LogP contribution in [0.5, 0.6) is 0 Å². The van der Waals surface area contributed by atoms with E-state index in [1.54, 1.807) is 6.07 Å². The zero-order valence-electron chi connectivity index (χ0n) is 15.9. The molecule has 3 rings (SSSR count). The van der Waals surface area contributed by atoms with Crippen molar-refractivity contribution in [1.82, 2.24) is 15.2 Å². The second-order valence-electron chi connectivity index (χ2n) is 6.78. The normalized spacial score (nSPS) is 16.1. The fourth-order valence-corrected chi connectivity index (χ4v) is 3.72. The Morgan fingerprint density at radius 3 is 2.61 bits per heavy atom. The molecule has 1 fully saturated rings. The van der Waals surface area contributed by atoms with Crippen molar-refractivity contribution in [3.63, 3.8) is 0 Å². The molecule has 1 aliphatic rings. The number of aromatic nitrogens is 1. The van der Waals surface area contributed by atoms with E-state index < -0.39 is 11.9 Å². The van der Waals surface area contributed by atoms with Crippen LogP contribution < -0.4 is 10.2 Å². The highest BCUT2D eigenvalue weighted by Gasteiger charge is 2.23. The van der Waals surface area contributed by atoms with Gasteiger partial charge >= 0.3 is 0 Å². The Hall–Kier alpha value is -1.89. The summed E-state index contributed by atoms with van der Waals surface area (Å²) in [6.45, 7) is 8.60. The fourth-order valence-electron chi connectivity index (χ4n) is 3.39. The summed E-state index contributed by atoms with van der Waals surface area (Å²) in [5.74, 6) is -0.794. The number of nitrogens with one attached hydrogen (secondary N) is 1. The van der Waals surface area contributed by atoms with Gasteiger partial charge in [-0.05, 0) is 43.8 Å². The van der Waals surface area contributed by atoms with Crippen LogP contribution in [0.1, 0.15) is 35.9 Å². The van der Waals surface area contributed by atoms with Crippen molar-refractivity contribution < 1.29 is 9.18 Å². The number of benzene rings is 1. The van der Waals surface area contributed by atoms with Crippen molar-refractivity contribution >= 4 is 34.8 Å². The van der Waals surface area contributed by atoms with Crippen molar-refractivity contribution in [1.29, 1.82) is 0 Å². The van der Waals surface area contributed by atoms with Crippen molar-refractivity contribution in [2.75, 3.05) is 37.6 Å². The Bertz CT molecular complexity index is 856. The van der Waals surface area contributed by atoms with E-state index in [-0.39, 0.29) is 21.7 Å². The van der Waals surface area contributed by atoms with Crippen LogP contribution in [-0.2, 0) is 0 Å². The minimum absolute atomic E-state index is 0.0514. The van der Waals surface area contributed by atoms with Gasteiger partial charge in [0, 0.05) is 37.4 Å². The first-order valence-electron chi connectivity index (χ1n) is 9.28. The number of hydrogen-bond acceptors (Lipinski definition) is 4. The molecule has 1 saturated heterocycles. The highest BCUT2D eigenvalue weighted by molar-refractivity contribution is 6.34. The van der Waals surface area contributed by atoms with Crippen molar-refractivity contribution in [3.05, 3.63) is 57.6 Å². The Morgan fingerprint density at radius 1 is 1.21 bits per heavy atom. The summed E-state index contributed by atoms with van der Waals surface area (Å²) in [6.07, 6.45) is 0. The number of nitrogens with zero attached hydrogens (tertiary/aromatic N) is 3. The Balaban J connectivity index is 1.81. The maximum absolute atomic E-state index is 14.0. The minimum Gasteiger partial charge on any atom is -0.369 e. The maximum atomic E-state index is 14.0. The first kappa shape index (κ1) is 20.8. The number of hydrogen-bond donors (Lipinski definition) is 1. The van der Waals surface area contributed by atoms with E-state index in [2.05, 4.69) is 27.0 Å². The molecule has 1 unspecified atom stereocenters. The molecule has 1 aromatic heterocycles. The molecule has 5 nitrogen and oxygen atoms in total. The molecule has 0 saturated carbocycles. The van der Waals surface area contributed by atoms with Crippen molar-refractivity contribution in [2.45, 2.75) is 19.9 Å². The Kier molecular flexibility index (Phi) is 6.75. The minimum atomic E-state index is -0.453. The third-order valence-corrected chi connectivity index (χ3v) is 5.51. The number of anilines is 1. The summed E-state index contributed by atoms with van der Waals surface area (Å²) in [4.78, 5) is 21.2. The number of carbonyl (C=O) groups excluding carboxylic acids is 1. The van der Waals surface area contributed by atoms with Gasteiger partial charge in [-0.25, -0.2) is 9.37 Å². The van der Waals surface area contributed by atoms with Crippen LogP contribution in [-0.4, -0.2) is 48.5 Å². The molecule has 150 valence electrons. The standard InChI is InChI=1S/C20H23Cl2FN4O/c1-3-26-8-10-27(11-9-26)17-6-4-14(23)12-15(17)13(2)24-20(28)19-16(21)5-7-18(22)25-19/h4-7,12-13H,3,8-11H2,1-2H3,(H,24,28). The first-order chi connectivity index (χ1) is 13.4. The molecular formula is C20H23Cl2FN4O. The van der Waals surface area contributed by atoms with Crippen LogP contribution in [0.15, 0.2) is 30.3 Å². The molecule has 1 aliphatic heterocycles. The predicted octanol–water partition coefficient (Wildman–Crippen LogP) is 4.16. The van der Waals surface area contributed by atoms with E-state index >= 15 is 0 Å². The van der Waals surface area contributed by atoms with Gasteiger partial charge in [0.1, 0.15) is 16.7 Å². The van der Waals surface area contributed by atoms with Crippen LogP contribution in [0.4, 0.5) is 10.1 Å². The fraction of sp³-hybridized carbons (Fsp3) is 0.400. The predicted molar refractivity (Wildman–Crippen MR) is 111 cm³/mol. The van der Waals surface area contributed by atoms with E-state index in [0.717, 1.165) is 44.0 Å². The van der Waals surface area contributed by atoms with Crippen LogP contribution in [0.25, 0.3) is 0 Å². The zero-order valence-corrected chi connectivity index (χ0v) is 17.4. The van der Waals surface area contributed by atoms with Gasteiger partial charge in [-0.15, -0.1) is 0 Å². The van der Waals surface area contributed by atoms with Gasteiger partial charge in [0.15, 0.2) is 0 Å². The SMILES string of the molecule is CCN1CCN(c2ccc(F)cc2C(C)NC(=O)c2nc(Cl)ccc2Cl)CC1. The summed E-state index contributed by atoms with van der Waals surface area (Å²) in [5, 5.41) is 3.25. The number of likely N-dealkylation sites (N-methyl/N-ethyl adjacent to an activating group) is 1. The van der Waals surface area contributed by atoms with E-state index in [0.29, 0.717) is 0 Å². The molecule has 0 aliphatic carbocycles. The van der Waals surface area contributed by atoms with E-state index in [9.17, 15) is 9.18 Å². The lowest BCUT2D eigenvalue weighted by atomic mass is 10.0. The van der Waals surface area contributed by atoms with Gasteiger partial charge in [0.2, 0.25) is 0 Å². The number of rotatable bonds is 5. The number of carbonyl (C=O) groups is 1. The highest BCUT2D eigenvalue weighted by Crippen LogP contribution is 2.29. The van der Waals surface area contributed by atoms with Gasteiger partial charge in [0.25, 0.3) is 5.91 Å². The molecule has 1 amide bonds. The molecule has 2 heterocycles. The molecule has 0 bridgehead atoms. The van der Waals surface area contributed by atoms with Gasteiger partial charge < -0.3 is 15.1 Å². The topological polar surface area (TPSA) is 48.5 Å². The van der Waals surface area contributed by atoms with Gasteiger partial charge in [-0.3, -0.25) is 4.79 Å².